The van der Waals surface area contributed by atoms with Gasteiger partial charge in [-0.3, -0.25) is 0 Å². The Hall–Kier alpha value is -2.34. The molecule has 0 fully saturated rings. The zero-order chi connectivity index (χ0) is 14.4. The molecule has 3 aromatic carbocycles. The van der Waals surface area contributed by atoms with Crippen molar-refractivity contribution in [1.29, 1.82) is 0 Å². The Balaban J connectivity index is 1.93. The largest absolute Gasteiger partial charge is 0.0622 e. The molecule has 4 rings (SSSR count). The SMILES string of the molecule is Cc1cccc2c1C(C)c1ccc(-c3ccccc3)cc1-2. The second-order valence-corrected chi connectivity index (χ2v) is 5.93. The summed E-state index contributed by atoms with van der Waals surface area (Å²) in [5.41, 5.74) is 9.76. The second kappa shape index (κ2) is 4.60. The molecule has 0 nitrogen and oxygen atoms in total. The Morgan fingerprint density at radius 1 is 0.714 bits per heavy atom. The standard InChI is InChI=1S/C21H18/c1-14-7-6-10-19-20-13-17(16-8-4-3-5-9-16)11-12-18(20)15(2)21(14)19/h3-13,15H,1-2H3. The van der Waals surface area contributed by atoms with E-state index >= 15 is 0 Å². The predicted molar refractivity (Wildman–Crippen MR) is 89.6 cm³/mol. The highest BCUT2D eigenvalue weighted by atomic mass is 14.3. The van der Waals surface area contributed by atoms with Crippen LogP contribution in [-0.2, 0) is 0 Å². The number of hydrogen-bond acceptors (Lipinski definition) is 0. The molecule has 21 heavy (non-hydrogen) atoms. The molecule has 1 unspecified atom stereocenters. The van der Waals surface area contributed by atoms with Gasteiger partial charge in [-0.15, -0.1) is 0 Å². The topological polar surface area (TPSA) is 0 Å². The average Bonchev–Trinajstić information content (AvgIpc) is 2.82. The first-order valence-corrected chi connectivity index (χ1v) is 7.55. The van der Waals surface area contributed by atoms with Crippen LogP contribution in [0.25, 0.3) is 22.3 Å². The highest BCUT2D eigenvalue weighted by molar-refractivity contribution is 5.83. The fourth-order valence-electron chi connectivity index (χ4n) is 3.62. The Morgan fingerprint density at radius 2 is 1.52 bits per heavy atom. The van der Waals surface area contributed by atoms with Crippen LogP contribution in [-0.4, -0.2) is 0 Å². The molecule has 3 aromatic rings. The highest BCUT2D eigenvalue weighted by Crippen LogP contribution is 2.46. The van der Waals surface area contributed by atoms with E-state index in [4.69, 9.17) is 0 Å². The van der Waals surface area contributed by atoms with Gasteiger partial charge in [-0.25, -0.2) is 0 Å². The van der Waals surface area contributed by atoms with Gasteiger partial charge in [-0.05, 0) is 51.9 Å². The molecule has 1 aliphatic carbocycles. The first-order chi connectivity index (χ1) is 10.3. The van der Waals surface area contributed by atoms with Crippen LogP contribution >= 0.6 is 0 Å². The highest BCUT2D eigenvalue weighted by Gasteiger charge is 2.26. The fraction of sp³-hybridized carbons (Fsp3) is 0.143. The minimum absolute atomic E-state index is 0.501. The molecule has 0 amide bonds. The van der Waals surface area contributed by atoms with Crippen molar-refractivity contribution in [2.45, 2.75) is 19.8 Å². The molecule has 0 heteroatoms. The predicted octanol–water partition coefficient (Wildman–Crippen LogP) is 5.79. The summed E-state index contributed by atoms with van der Waals surface area (Å²) in [6.07, 6.45) is 0. The number of fused-ring (bicyclic) bond motifs is 3. The molecular formula is C21H18. The van der Waals surface area contributed by atoms with Gasteiger partial charge in [0.1, 0.15) is 0 Å². The van der Waals surface area contributed by atoms with E-state index in [2.05, 4.69) is 80.6 Å². The van der Waals surface area contributed by atoms with E-state index < -0.39 is 0 Å². The third-order valence-corrected chi connectivity index (χ3v) is 4.67. The van der Waals surface area contributed by atoms with Gasteiger partial charge >= 0.3 is 0 Å². The molecular weight excluding hydrogens is 252 g/mol. The van der Waals surface area contributed by atoms with Gasteiger partial charge in [-0.2, -0.15) is 0 Å². The smallest absolute Gasteiger partial charge is 0.00759 e. The number of hydrogen-bond donors (Lipinski definition) is 0. The maximum atomic E-state index is 2.35. The molecule has 1 atom stereocenters. The molecule has 0 spiro atoms. The Morgan fingerprint density at radius 3 is 2.33 bits per heavy atom. The van der Waals surface area contributed by atoms with E-state index in [1.807, 2.05) is 0 Å². The lowest BCUT2D eigenvalue weighted by Crippen LogP contribution is -1.92. The van der Waals surface area contributed by atoms with Gasteiger partial charge in [0.2, 0.25) is 0 Å². The van der Waals surface area contributed by atoms with Crippen molar-refractivity contribution in [3.8, 4) is 22.3 Å². The molecule has 0 saturated carbocycles. The second-order valence-electron chi connectivity index (χ2n) is 5.93. The van der Waals surface area contributed by atoms with Gasteiger partial charge in [0.25, 0.3) is 0 Å². The minimum Gasteiger partial charge on any atom is -0.0622 e. The molecule has 0 bridgehead atoms. The molecule has 102 valence electrons. The molecule has 1 aliphatic rings. The lowest BCUT2D eigenvalue weighted by Gasteiger charge is -2.09. The van der Waals surface area contributed by atoms with E-state index in [-0.39, 0.29) is 0 Å². The summed E-state index contributed by atoms with van der Waals surface area (Å²) in [6.45, 7) is 4.54. The lowest BCUT2D eigenvalue weighted by molar-refractivity contribution is 0.944. The van der Waals surface area contributed by atoms with E-state index in [0.717, 1.165) is 0 Å². The summed E-state index contributed by atoms with van der Waals surface area (Å²) >= 11 is 0. The van der Waals surface area contributed by atoms with Crippen LogP contribution in [0.2, 0.25) is 0 Å². The zero-order valence-corrected chi connectivity index (χ0v) is 12.4. The summed E-state index contributed by atoms with van der Waals surface area (Å²) in [5.74, 6) is 0.501. The first kappa shape index (κ1) is 12.4. The molecule has 0 N–H and O–H groups in total. The molecule has 0 saturated heterocycles. The zero-order valence-electron chi connectivity index (χ0n) is 12.4. The third kappa shape index (κ3) is 1.83. The van der Waals surface area contributed by atoms with Crippen molar-refractivity contribution in [3.05, 3.63) is 83.4 Å². The van der Waals surface area contributed by atoms with E-state index in [9.17, 15) is 0 Å². The van der Waals surface area contributed by atoms with Crippen molar-refractivity contribution in [3.63, 3.8) is 0 Å². The summed E-state index contributed by atoms with van der Waals surface area (Å²) in [4.78, 5) is 0. The van der Waals surface area contributed by atoms with E-state index in [0.29, 0.717) is 5.92 Å². The van der Waals surface area contributed by atoms with Crippen LogP contribution in [0.5, 0.6) is 0 Å². The van der Waals surface area contributed by atoms with Crippen LogP contribution in [0.15, 0.2) is 66.7 Å². The third-order valence-electron chi connectivity index (χ3n) is 4.67. The van der Waals surface area contributed by atoms with Crippen LogP contribution < -0.4 is 0 Å². The summed E-state index contributed by atoms with van der Waals surface area (Å²) < 4.78 is 0. The van der Waals surface area contributed by atoms with Crippen LogP contribution in [0, 0.1) is 6.92 Å². The van der Waals surface area contributed by atoms with Crippen LogP contribution in [0.1, 0.15) is 29.5 Å². The van der Waals surface area contributed by atoms with Crippen molar-refractivity contribution in [1.82, 2.24) is 0 Å². The molecule has 0 heterocycles. The van der Waals surface area contributed by atoms with E-state index in [1.165, 1.54) is 38.9 Å². The maximum Gasteiger partial charge on any atom is 0.00759 e. The molecule has 0 aliphatic heterocycles. The summed E-state index contributed by atoms with van der Waals surface area (Å²) in [6, 6.07) is 24.2. The van der Waals surface area contributed by atoms with Crippen LogP contribution in [0.3, 0.4) is 0 Å². The van der Waals surface area contributed by atoms with Crippen LogP contribution in [0.4, 0.5) is 0 Å². The Kier molecular flexibility index (Phi) is 2.71. The Labute approximate surface area is 126 Å². The normalized spacial score (nSPS) is 15.6. The van der Waals surface area contributed by atoms with E-state index in [1.54, 1.807) is 0 Å². The number of rotatable bonds is 1. The monoisotopic (exact) mass is 270 g/mol. The van der Waals surface area contributed by atoms with Crippen molar-refractivity contribution in [2.24, 2.45) is 0 Å². The summed E-state index contributed by atoms with van der Waals surface area (Å²) in [5, 5.41) is 0. The number of aryl methyl sites for hydroxylation is 1. The summed E-state index contributed by atoms with van der Waals surface area (Å²) in [7, 11) is 0. The maximum absolute atomic E-state index is 2.35. The number of benzene rings is 3. The quantitative estimate of drug-likeness (QED) is 0.524. The van der Waals surface area contributed by atoms with Gasteiger partial charge in [-0.1, -0.05) is 67.6 Å². The van der Waals surface area contributed by atoms with Gasteiger partial charge in [0, 0.05) is 5.92 Å². The average molecular weight is 270 g/mol. The van der Waals surface area contributed by atoms with Crippen molar-refractivity contribution >= 4 is 0 Å². The van der Waals surface area contributed by atoms with Crippen molar-refractivity contribution < 1.29 is 0 Å². The van der Waals surface area contributed by atoms with Gasteiger partial charge < -0.3 is 0 Å². The first-order valence-electron chi connectivity index (χ1n) is 7.55. The Bertz CT molecular complexity index is 813. The lowest BCUT2D eigenvalue weighted by atomic mass is 9.95. The van der Waals surface area contributed by atoms with Gasteiger partial charge in [0.15, 0.2) is 0 Å². The van der Waals surface area contributed by atoms with Gasteiger partial charge in [0.05, 0.1) is 0 Å². The van der Waals surface area contributed by atoms with Crippen molar-refractivity contribution in [2.75, 3.05) is 0 Å². The molecule has 0 aromatic heterocycles. The minimum atomic E-state index is 0.501. The fourth-order valence-corrected chi connectivity index (χ4v) is 3.62. The molecule has 0 radical (unpaired) electrons.